The van der Waals surface area contributed by atoms with Crippen molar-refractivity contribution < 1.29 is 23.1 Å². The van der Waals surface area contributed by atoms with Crippen LogP contribution in [0.1, 0.15) is 63.0 Å². The van der Waals surface area contributed by atoms with Gasteiger partial charge in [0.15, 0.2) is 5.03 Å². The zero-order valence-corrected chi connectivity index (χ0v) is 23.1. The number of ether oxygens (including phenoxy) is 1. The fourth-order valence-corrected chi connectivity index (χ4v) is 6.19. The molecule has 8 nitrogen and oxygen atoms in total. The number of nitrogen functional groups attached to an aromatic ring is 1. The number of anilines is 2. The molecule has 2 atom stereocenters. The Morgan fingerprint density at radius 3 is 2.49 bits per heavy atom. The van der Waals surface area contributed by atoms with Gasteiger partial charge < -0.3 is 15.6 Å². The molecule has 0 amide bonds. The molecule has 0 spiro atoms. The number of nitrogens with zero attached hydrogens (tertiary/aromatic N) is 1. The maximum atomic E-state index is 13.4. The van der Waals surface area contributed by atoms with Crippen molar-refractivity contribution in [2.45, 2.75) is 68.9 Å². The molecule has 1 aromatic heterocycles. The highest BCUT2D eigenvalue weighted by molar-refractivity contribution is 7.92. The molecule has 2 heterocycles. The summed E-state index contributed by atoms with van der Waals surface area (Å²) in [5.74, 6) is -0.953. The summed E-state index contributed by atoms with van der Waals surface area (Å²) in [6.07, 6.45) is 4.85. The van der Waals surface area contributed by atoms with Crippen LogP contribution < -0.4 is 10.5 Å². The first kappa shape index (κ1) is 28.2. The lowest BCUT2D eigenvalue weighted by atomic mass is 9.80. The first-order valence-electron chi connectivity index (χ1n) is 13.2. The first-order valence-corrected chi connectivity index (χ1v) is 14.7. The molecule has 0 saturated heterocycles. The van der Waals surface area contributed by atoms with E-state index in [-0.39, 0.29) is 22.8 Å². The Hall–Kier alpha value is -3.85. The minimum Gasteiger partial charge on any atom is -0.512 e. The van der Waals surface area contributed by atoms with E-state index < -0.39 is 27.5 Å². The van der Waals surface area contributed by atoms with Gasteiger partial charge in [0.2, 0.25) is 0 Å². The summed E-state index contributed by atoms with van der Waals surface area (Å²) in [5.41, 5.74) is 7.60. The average molecular weight is 550 g/mol. The van der Waals surface area contributed by atoms with Crippen molar-refractivity contribution in [1.82, 2.24) is 4.98 Å². The van der Waals surface area contributed by atoms with Crippen LogP contribution >= 0.6 is 0 Å². The maximum absolute atomic E-state index is 13.4. The lowest BCUT2D eigenvalue weighted by molar-refractivity contribution is -0.161. The lowest BCUT2D eigenvalue weighted by Crippen LogP contribution is -2.41. The summed E-state index contributed by atoms with van der Waals surface area (Å²) in [6.45, 7) is 3.95. The summed E-state index contributed by atoms with van der Waals surface area (Å²) >= 11 is 0. The average Bonchev–Trinajstić information content (AvgIpc) is 2.90. The Bertz CT molecular complexity index is 1440. The van der Waals surface area contributed by atoms with Crippen molar-refractivity contribution in [3.05, 3.63) is 95.4 Å². The Morgan fingerprint density at radius 1 is 1.08 bits per heavy atom. The highest BCUT2D eigenvalue weighted by atomic mass is 32.2. The monoisotopic (exact) mass is 549 g/mol. The number of esters is 1. The number of sulfonamides is 1. The molecular formula is C30H35N3O5S. The second-order valence-electron chi connectivity index (χ2n) is 9.97. The molecule has 1 unspecified atom stereocenters. The predicted octanol–water partition coefficient (Wildman–Crippen LogP) is 5.89. The highest BCUT2D eigenvalue weighted by Gasteiger charge is 2.43. The van der Waals surface area contributed by atoms with Crippen LogP contribution in [0.2, 0.25) is 0 Å². The molecule has 0 radical (unpaired) electrons. The van der Waals surface area contributed by atoms with Crippen LogP contribution in [-0.2, 0) is 26.0 Å². The van der Waals surface area contributed by atoms with Gasteiger partial charge in [-0.15, -0.1) is 0 Å². The van der Waals surface area contributed by atoms with Crippen LogP contribution in [0.25, 0.3) is 0 Å². The first-order chi connectivity index (χ1) is 18.7. The third kappa shape index (κ3) is 6.60. The highest BCUT2D eigenvalue weighted by Crippen LogP contribution is 2.42. The predicted molar refractivity (Wildman–Crippen MR) is 152 cm³/mol. The van der Waals surface area contributed by atoms with E-state index >= 15 is 0 Å². The molecule has 1 aliphatic rings. The molecule has 4 rings (SSSR count). The van der Waals surface area contributed by atoms with Crippen molar-refractivity contribution in [2.75, 3.05) is 10.5 Å². The molecular weight excluding hydrogens is 514 g/mol. The number of nitrogens with one attached hydrogen (secondary N) is 1. The minimum absolute atomic E-state index is 0.0386. The summed E-state index contributed by atoms with van der Waals surface area (Å²) < 4.78 is 34.3. The van der Waals surface area contributed by atoms with Crippen molar-refractivity contribution in [2.24, 2.45) is 0 Å². The third-order valence-electron chi connectivity index (χ3n) is 7.08. The number of hydrogen-bond donors (Lipinski definition) is 3. The van der Waals surface area contributed by atoms with Crippen LogP contribution in [0.4, 0.5) is 11.4 Å². The molecule has 0 saturated carbocycles. The minimum atomic E-state index is -3.95. The topological polar surface area (TPSA) is 132 Å². The van der Waals surface area contributed by atoms with E-state index in [9.17, 15) is 18.3 Å². The summed E-state index contributed by atoms with van der Waals surface area (Å²) in [6, 6.07) is 19.6. The molecule has 9 heteroatoms. The zero-order valence-electron chi connectivity index (χ0n) is 22.3. The Kier molecular flexibility index (Phi) is 8.60. The molecule has 1 aliphatic heterocycles. The molecule has 0 aliphatic carbocycles. The van der Waals surface area contributed by atoms with Crippen LogP contribution in [-0.4, -0.2) is 30.1 Å². The van der Waals surface area contributed by atoms with Gasteiger partial charge in [0, 0.05) is 18.0 Å². The van der Waals surface area contributed by atoms with Gasteiger partial charge in [0.1, 0.15) is 11.4 Å². The standard InChI is InChI=1S/C30H35N3O5S/c1-3-16-30(17-15-21-9-6-5-7-10-21)19-26(34)28(29(35)38-30)25(4-2)22-11-8-12-24(18-22)33-39(36,37)27-14-13-23(31)20-32-27/h5-14,18,20,25,33-34H,3-4,15-17,19,31H2,1-2H3/t25-,30?/m0/s1. The fourth-order valence-electron chi connectivity index (χ4n) is 5.21. The normalized spacial score (nSPS) is 18.5. The second-order valence-corrected chi connectivity index (χ2v) is 11.6. The number of aliphatic hydroxyl groups excluding tert-OH is 1. The van der Waals surface area contributed by atoms with Gasteiger partial charge in [-0.05, 0) is 61.1 Å². The number of pyridine rings is 1. The number of benzene rings is 2. The Balaban J connectivity index is 1.58. The lowest BCUT2D eigenvalue weighted by Gasteiger charge is -2.38. The molecule has 4 N–H and O–H groups in total. The number of carbonyl (C=O) groups is 1. The number of carbonyl (C=O) groups excluding carboxylic acids is 1. The van der Waals surface area contributed by atoms with Gasteiger partial charge in [-0.2, -0.15) is 8.42 Å². The zero-order chi connectivity index (χ0) is 28.0. The van der Waals surface area contributed by atoms with E-state index in [1.165, 1.54) is 18.3 Å². The third-order valence-corrected chi connectivity index (χ3v) is 8.38. The van der Waals surface area contributed by atoms with Crippen LogP contribution in [0.5, 0.6) is 0 Å². The number of hydrogen-bond acceptors (Lipinski definition) is 7. The van der Waals surface area contributed by atoms with Gasteiger partial charge in [-0.25, -0.2) is 9.78 Å². The molecule has 0 fully saturated rings. The van der Waals surface area contributed by atoms with E-state index in [4.69, 9.17) is 10.5 Å². The molecule has 0 bridgehead atoms. The largest absolute Gasteiger partial charge is 0.512 e. The molecule has 206 valence electrons. The number of aryl methyl sites for hydroxylation is 1. The van der Waals surface area contributed by atoms with Crippen molar-refractivity contribution in [1.29, 1.82) is 0 Å². The van der Waals surface area contributed by atoms with Gasteiger partial charge in [0.05, 0.1) is 17.5 Å². The maximum Gasteiger partial charge on any atom is 0.338 e. The number of aliphatic hydroxyl groups is 1. The second kappa shape index (κ2) is 11.9. The number of rotatable bonds is 11. The van der Waals surface area contributed by atoms with Crippen LogP contribution in [0.15, 0.2) is 89.3 Å². The fraction of sp³-hybridized carbons (Fsp3) is 0.333. The number of nitrogens with two attached hydrogens (primary N) is 1. The smallest absolute Gasteiger partial charge is 0.338 e. The molecule has 3 aromatic rings. The van der Waals surface area contributed by atoms with Gasteiger partial charge in [-0.1, -0.05) is 62.7 Å². The van der Waals surface area contributed by atoms with Crippen molar-refractivity contribution >= 4 is 27.4 Å². The van der Waals surface area contributed by atoms with Crippen LogP contribution in [0.3, 0.4) is 0 Å². The van der Waals surface area contributed by atoms with Crippen LogP contribution in [0, 0.1) is 0 Å². The molecule has 2 aromatic carbocycles. The molecule has 39 heavy (non-hydrogen) atoms. The van der Waals surface area contributed by atoms with Gasteiger partial charge >= 0.3 is 5.97 Å². The number of cyclic esters (lactones) is 1. The Labute approximate surface area is 230 Å². The van der Waals surface area contributed by atoms with E-state index in [0.717, 1.165) is 18.4 Å². The van der Waals surface area contributed by atoms with E-state index in [2.05, 4.69) is 9.71 Å². The summed E-state index contributed by atoms with van der Waals surface area (Å²) in [4.78, 5) is 17.3. The van der Waals surface area contributed by atoms with Gasteiger partial charge in [0.25, 0.3) is 10.0 Å². The SMILES string of the molecule is CCCC1(CCc2ccccc2)CC(O)=C([C@@H](CC)c2cccc(NS(=O)(=O)c3ccc(N)cn3)c2)C(=O)O1. The van der Waals surface area contributed by atoms with E-state index in [0.29, 0.717) is 36.2 Å². The van der Waals surface area contributed by atoms with E-state index in [1.54, 1.807) is 18.2 Å². The Morgan fingerprint density at radius 2 is 1.85 bits per heavy atom. The summed E-state index contributed by atoms with van der Waals surface area (Å²) in [5, 5.41) is 11.1. The van der Waals surface area contributed by atoms with Crippen molar-refractivity contribution in [3.8, 4) is 0 Å². The number of aromatic nitrogens is 1. The summed E-state index contributed by atoms with van der Waals surface area (Å²) in [7, 11) is -3.95. The van der Waals surface area contributed by atoms with Crippen molar-refractivity contribution in [3.63, 3.8) is 0 Å². The van der Waals surface area contributed by atoms with E-state index in [1.807, 2.05) is 50.2 Å². The quantitative estimate of drug-likeness (QED) is 0.254. The van der Waals surface area contributed by atoms with Gasteiger partial charge in [-0.3, -0.25) is 4.72 Å².